The lowest BCUT2D eigenvalue weighted by Crippen LogP contribution is -1.91. The summed E-state index contributed by atoms with van der Waals surface area (Å²) < 4.78 is 6.93. The highest BCUT2D eigenvalue weighted by atomic mass is 35.5. The molecular weight excluding hydrogens is 212 g/mol. The van der Waals surface area contributed by atoms with E-state index in [1.54, 1.807) is 13.3 Å². The predicted octanol–water partition coefficient (Wildman–Crippen LogP) is 2.75. The van der Waals surface area contributed by atoms with Crippen molar-refractivity contribution >= 4 is 11.6 Å². The Kier molecular flexibility index (Phi) is 2.64. The highest BCUT2D eigenvalue weighted by molar-refractivity contribution is 6.28. The monoisotopic (exact) mass is 222 g/mol. The third-order valence-corrected chi connectivity index (χ3v) is 2.67. The number of rotatable bonds is 2. The van der Waals surface area contributed by atoms with Gasteiger partial charge >= 0.3 is 0 Å². The Morgan fingerprint density at radius 3 is 2.40 bits per heavy atom. The molecule has 0 aliphatic carbocycles. The summed E-state index contributed by atoms with van der Waals surface area (Å²) in [5.41, 5.74) is 2.06. The largest absolute Gasteiger partial charge is 0.497 e. The van der Waals surface area contributed by atoms with Gasteiger partial charge < -0.3 is 9.30 Å². The van der Waals surface area contributed by atoms with Gasteiger partial charge in [-0.25, -0.2) is 4.98 Å². The number of ether oxygens (including phenoxy) is 1. The molecule has 0 N–H and O–H groups in total. The molecule has 0 spiro atoms. The molecule has 0 aliphatic heterocycles. The average molecular weight is 223 g/mol. The number of nitrogens with zero attached hydrogens (tertiary/aromatic N) is 2. The van der Waals surface area contributed by atoms with Crippen LogP contribution in [-0.2, 0) is 7.05 Å². The molecule has 78 valence electrons. The molecule has 0 atom stereocenters. The Hall–Kier alpha value is -1.48. The average Bonchev–Trinajstić information content (AvgIpc) is 2.60. The summed E-state index contributed by atoms with van der Waals surface area (Å²) in [5, 5.41) is 0.487. The second kappa shape index (κ2) is 3.95. The Labute approximate surface area is 93.3 Å². The highest BCUT2D eigenvalue weighted by Crippen LogP contribution is 2.23. The topological polar surface area (TPSA) is 27.1 Å². The van der Waals surface area contributed by atoms with Crippen molar-refractivity contribution in [3.8, 4) is 17.0 Å². The Bertz CT molecular complexity index is 462. The van der Waals surface area contributed by atoms with Gasteiger partial charge in [0.15, 0.2) is 0 Å². The molecule has 4 heteroatoms. The quantitative estimate of drug-likeness (QED) is 0.781. The molecular formula is C11H11ClN2O. The van der Waals surface area contributed by atoms with E-state index in [0.717, 1.165) is 17.0 Å². The van der Waals surface area contributed by atoms with E-state index in [4.69, 9.17) is 16.3 Å². The van der Waals surface area contributed by atoms with Crippen LogP contribution in [0.5, 0.6) is 5.75 Å². The van der Waals surface area contributed by atoms with Crippen molar-refractivity contribution in [2.75, 3.05) is 7.11 Å². The van der Waals surface area contributed by atoms with Crippen LogP contribution in [0.1, 0.15) is 0 Å². The summed E-state index contributed by atoms with van der Waals surface area (Å²) in [6, 6.07) is 7.78. The normalized spacial score (nSPS) is 10.3. The molecule has 0 radical (unpaired) electrons. The first-order chi connectivity index (χ1) is 7.22. The van der Waals surface area contributed by atoms with Crippen molar-refractivity contribution in [3.63, 3.8) is 0 Å². The SMILES string of the molecule is COc1ccc(-c2cnc(Cl)n2C)cc1. The molecule has 0 aliphatic rings. The fourth-order valence-corrected chi connectivity index (χ4v) is 1.56. The third-order valence-electron chi connectivity index (χ3n) is 2.32. The summed E-state index contributed by atoms with van der Waals surface area (Å²) in [4.78, 5) is 4.03. The summed E-state index contributed by atoms with van der Waals surface area (Å²) in [6.45, 7) is 0. The van der Waals surface area contributed by atoms with Crippen LogP contribution >= 0.6 is 11.6 Å². The lowest BCUT2D eigenvalue weighted by molar-refractivity contribution is 0.415. The van der Waals surface area contributed by atoms with Crippen LogP contribution in [0.15, 0.2) is 30.5 Å². The first-order valence-corrected chi connectivity index (χ1v) is 4.92. The van der Waals surface area contributed by atoms with Crippen molar-refractivity contribution in [2.45, 2.75) is 0 Å². The number of hydrogen-bond donors (Lipinski definition) is 0. The second-order valence-corrected chi connectivity index (χ2v) is 3.54. The number of hydrogen-bond acceptors (Lipinski definition) is 2. The van der Waals surface area contributed by atoms with Gasteiger partial charge in [0.1, 0.15) is 5.75 Å². The number of aromatic nitrogens is 2. The van der Waals surface area contributed by atoms with E-state index >= 15 is 0 Å². The van der Waals surface area contributed by atoms with Gasteiger partial charge in [-0.15, -0.1) is 0 Å². The van der Waals surface area contributed by atoms with E-state index in [1.807, 2.05) is 35.9 Å². The molecule has 3 nitrogen and oxygen atoms in total. The minimum Gasteiger partial charge on any atom is -0.497 e. The van der Waals surface area contributed by atoms with Gasteiger partial charge in [0.25, 0.3) is 0 Å². The van der Waals surface area contributed by atoms with E-state index in [9.17, 15) is 0 Å². The fraction of sp³-hybridized carbons (Fsp3) is 0.182. The van der Waals surface area contributed by atoms with Gasteiger partial charge in [0, 0.05) is 12.6 Å². The van der Waals surface area contributed by atoms with Gasteiger partial charge in [0.05, 0.1) is 19.0 Å². The van der Waals surface area contributed by atoms with Crippen molar-refractivity contribution in [3.05, 3.63) is 35.7 Å². The molecule has 0 unspecified atom stereocenters. The van der Waals surface area contributed by atoms with Crippen LogP contribution in [0.3, 0.4) is 0 Å². The number of benzene rings is 1. The number of halogens is 1. The Morgan fingerprint density at radius 2 is 1.93 bits per heavy atom. The lowest BCUT2D eigenvalue weighted by Gasteiger charge is -2.04. The summed E-state index contributed by atoms with van der Waals surface area (Å²) in [6.07, 6.45) is 1.75. The molecule has 15 heavy (non-hydrogen) atoms. The summed E-state index contributed by atoms with van der Waals surface area (Å²) >= 11 is 5.86. The first-order valence-electron chi connectivity index (χ1n) is 4.54. The van der Waals surface area contributed by atoms with Gasteiger partial charge in [-0.2, -0.15) is 0 Å². The van der Waals surface area contributed by atoms with Crippen LogP contribution in [0.4, 0.5) is 0 Å². The predicted molar refractivity (Wildman–Crippen MR) is 60.2 cm³/mol. The van der Waals surface area contributed by atoms with Crippen molar-refractivity contribution < 1.29 is 4.74 Å². The van der Waals surface area contributed by atoms with Crippen LogP contribution in [0.2, 0.25) is 5.28 Å². The summed E-state index contributed by atoms with van der Waals surface area (Å²) in [7, 11) is 3.53. The molecule has 0 saturated heterocycles. The van der Waals surface area contributed by atoms with Crippen molar-refractivity contribution in [1.29, 1.82) is 0 Å². The maximum absolute atomic E-state index is 5.86. The molecule has 0 saturated carbocycles. The Balaban J connectivity index is 2.41. The molecule has 0 fully saturated rings. The van der Waals surface area contributed by atoms with Crippen LogP contribution < -0.4 is 4.74 Å². The van der Waals surface area contributed by atoms with E-state index in [2.05, 4.69) is 4.98 Å². The van der Waals surface area contributed by atoms with E-state index < -0.39 is 0 Å². The third kappa shape index (κ3) is 1.83. The van der Waals surface area contributed by atoms with Crippen molar-refractivity contribution in [1.82, 2.24) is 9.55 Å². The van der Waals surface area contributed by atoms with Crippen LogP contribution in [0.25, 0.3) is 11.3 Å². The lowest BCUT2D eigenvalue weighted by atomic mass is 10.1. The highest BCUT2D eigenvalue weighted by Gasteiger charge is 2.06. The second-order valence-electron chi connectivity index (χ2n) is 3.20. The first kappa shape index (κ1) is 10.1. The standard InChI is InChI=1S/C11H11ClN2O/c1-14-10(7-13-11(14)12)8-3-5-9(15-2)6-4-8/h3-7H,1-2H3. The summed E-state index contributed by atoms with van der Waals surface area (Å²) in [5.74, 6) is 0.840. The zero-order chi connectivity index (χ0) is 10.8. The minimum atomic E-state index is 0.487. The molecule has 0 amide bonds. The molecule has 1 heterocycles. The molecule has 0 bridgehead atoms. The van der Waals surface area contributed by atoms with E-state index in [0.29, 0.717) is 5.28 Å². The minimum absolute atomic E-state index is 0.487. The molecule has 2 aromatic rings. The molecule has 2 rings (SSSR count). The van der Waals surface area contributed by atoms with Crippen LogP contribution in [-0.4, -0.2) is 16.7 Å². The zero-order valence-electron chi connectivity index (χ0n) is 8.57. The van der Waals surface area contributed by atoms with Crippen molar-refractivity contribution in [2.24, 2.45) is 7.05 Å². The maximum Gasteiger partial charge on any atom is 0.202 e. The molecule has 1 aromatic heterocycles. The maximum atomic E-state index is 5.86. The number of imidazole rings is 1. The van der Waals surface area contributed by atoms with E-state index in [-0.39, 0.29) is 0 Å². The van der Waals surface area contributed by atoms with E-state index in [1.165, 1.54) is 0 Å². The van der Waals surface area contributed by atoms with Crippen LogP contribution in [0, 0.1) is 0 Å². The smallest absolute Gasteiger partial charge is 0.202 e. The zero-order valence-corrected chi connectivity index (χ0v) is 9.32. The van der Waals surface area contributed by atoms with Gasteiger partial charge in [-0.3, -0.25) is 0 Å². The number of methoxy groups -OCH3 is 1. The fourth-order valence-electron chi connectivity index (χ4n) is 1.42. The van der Waals surface area contributed by atoms with Gasteiger partial charge in [-0.05, 0) is 35.9 Å². The molecule has 1 aromatic carbocycles. The van der Waals surface area contributed by atoms with Gasteiger partial charge in [-0.1, -0.05) is 0 Å². The Morgan fingerprint density at radius 1 is 1.27 bits per heavy atom. The van der Waals surface area contributed by atoms with Gasteiger partial charge in [0.2, 0.25) is 5.28 Å².